The summed E-state index contributed by atoms with van der Waals surface area (Å²) >= 11 is 0. The fourth-order valence-electron chi connectivity index (χ4n) is 1.49. The van der Waals surface area contributed by atoms with E-state index in [2.05, 4.69) is 4.99 Å². The zero-order valence-electron chi connectivity index (χ0n) is 10.2. The molecule has 0 saturated carbocycles. The molecule has 0 aliphatic carbocycles. The molecule has 0 N–H and O–H groups in total. The van der Waals surface area contributed by atoms with Gasteiger partial charge in [0.1, 0.15) is 0 Å². The van der Waals surface area contributed by atoms with Crippen LogP contribution in [0.3, 0.4) is 0 Å². The highest BCUT2D eigenvalue weighted by Crippen LogP contribution is 2.18. The second kappa shape index (κ2) is 4.53. The number of cyclic esters (lactones) is 1. The second-order valence-electron chi connectivity index (χ2n) is 4.43. The standard InChI is InChI=1S/C14H15NO2/c1-9(2)13-15-12(14(16)17-13)8-11-6-4-10(3)5-7-11/h4-9H,1-3H3/b12-8+. The van der Waals surface area contributed by atoms with Gasteiger partial charge in [0.2, 0.25) is 5.90 Å². The van der Waals surface area contributed by atoms with Crippen LogP contribution in [0.5, 0.6) is 0 Å². The molecule has 0 spiro atoms. The van der Waals surface area contributed by atoms with Crippen molar-refractivity contribution in [1.29, 1.82) is 0 Å². The molecule has 0 bridgehead atoms. The topological polar surface area (TPSA) is 38.7 Å². The first-order valence-corrected chi connectivity index (χ1v) is 5.65. The number of ether oxygens (including phenoxy) is 1. The Morgan fingerprint density at radius 3 is 2.41 bits per heavy atom. The number of carbonyl (C=O) groups excluding carboxylic acids is 1. The van der Waals surface area contributed by atoms with Gasteiger partial charge in [-0.15, -0.1) is 0 Å². The Balaban J connectivity index is 2.28. The molecular weight excluding hydrogens is 214 g/mol. The lowest BCUT2D eigenvalue weighted by atomic mass is 10.1. The molecule has 3 heteroatoms. The number of carbonyl (C=O) groups is 1. The molecule has 1 heterocycles. The Morgan fingerprint density at radius 2 is 1.88 bits per heavy atom. The van der Waals surface area contributed by atoms with Crippen molar-refractivity contribution < 1.29 is 9.53 Å². The van der Waals surface area contributed by atoms with Crippen LogP contribution in [-0.4, -0.2) is 11.9 Å². The smallest absolute Gasteiger partial charge is 0.363 e. The third kappa shape index (κ3) is 2.61. The highest BCUT2D eigenvalue weighted by molar-refractivity contribution is 6.07. The van der Waals surface area contributed by atoms with Crippen molar-refractivity contribution in [3.63, 3.8) is 0 Å². The van der Waals surface area contributed by atoms with E-state index in [0.29, 0.717) is 11.6 Å². The maximum absolute atomic E-state index is 11.6. The summed E-state index contributed by atoms with van der Waals surface area (Å²) in [6.45, 7) is 5.91. The molecule has 2 rings (SSSR count). The SMILES string of the molecule is Cc1ccc(/C=C2/N=C(C(C)C)OC2=O)cc1. The first-order chi connectivity index (χ1) is 8.06. The second-order valence-corrected chi connectivity index (χ2v) is 4.43. The van der Waals surface area contributed by atoms with Gasteiger partial charge in [-0.1, -0.05) is 43.7 Å². The van der Waals surface area contributed by atoms with Crippen molar-refractivity contribution in [2.45, 2.75) is 20.8 Å². The van der Waals surface area contributed by atoms with Crippen molar-refractivity contribution in [2.75, 3.05) is 0 Å². The summed E-state index contributed by atoms with van der Waals surface area (Å²) in [5.74, 6) is 0.255. The first-order valence-electron chi connectivity index (χ1n) is 5.65. The van der Waals surface area contributed by atoms with Gasteiger partial charge in [-0.2, -0.15) is 0 Å². The molecular formula is C14H15NO2. The lowest BCUT2D eigenvalue weighted by Crippen LogP contribution is -2.09. The molecule has 17 heavy (non-hydrogen) atoms. The van der Waals surface area contributed by atoms with Gasteiger partial charge in [0.05, 0.1) is 0 Å². The fraction of sp³-hybridized carbons (Fsp3) is 0.286. The fourth-order valence-corrected chi connectivity index (χ4v) is 1.49. The van der Waals surface area contributed by atoms with Crippen LogP contribution in [0.2, 0.25) is 0 Å². The molecule has 0 aromatic heterocycles. The Labute approximate surface area is 101 Å². The molecule has 1 aromatic carbocycles. The predicted octanol–water partition coefficient (Wildman–Crippen LogP) is 2.95. The summed E-state index contributed by atoms with van der Waals surface area (Å²) in [5, 5.41) is 0. The van der Waals surface area contributed by atoms with Gasteiger partial charge in [0.25, 0.3) is 0 Å². The van der Waals surface area contributed by atoms with Crippen molar-refractivity contribution >= 4 is 17.9 Å². The van der Waals surface area contributed by atoms with Crippen LogP contribution < -0.4 is 0 Å². The van der Waals surface area contributed by atoms with Crippen molar-refractivity contribution in [1.82, 2.24) is 0 Å². The van der Waals surface area contributed by atoms with Gasteiger partial charge in [-0.05, 0) is 18.6 Å². The molecule has 0 fully saturated rings. The quantitative estimate of drug-likeness (QED) is 0.577. The summed E-state index contributed by atoms with van der Waals surface area (Å²) in [7, 11) is 0. The van der Waals surface area contributed by atoms with Gasteiger partial charge in [0, 0.05) is 5.92 Å². The minimum Gasteiger partial charge on any atom is -0.407 e. The molecule has 0 atom stereocenters. The van der Waals surface area contributed by atoms with E-state index in [9.17, 15) is 4.79 Å². The average Bonchev–Trinajstić information content (AvgIpc) is 2.64. The Bertz CT molecular complexity index is 495. The Morgan fingerprint density at radius 1 is 1.24 bits per heavy atom. The van der Waals surface area contributed by atoms with E-state index < -0.39 is 0 Å². The predicted molar refractivity (Wildman–Crippen MR) is 67.5 cm³/mol. The summed E-state index contributed by atoms with van der Waals surface area (Å²) in [6.07, 6.45) is 1.75. The number of hydrogen-bond donors (Lipinski definition) is 0. The maximum Gasteiger partial charge on any atom is 0.363 e. The van der Waals surface area contributed by atoms with Gasteiger partial charge < -0.3 is 4.74 Å². The van der Waals surface area contributed by atoms with Crippen molar-refractivity contribution in [2.24, 2.45) is 10.9 Å². The summed E-state index contributed by atoms with van der Waals surface area (Å²) in [5.41, 5.74) is 2.52. The van der Waals surface area contributed by atoms with Crippen LogP contribution in [0.15, 0.2) is 35.0 Å². The maximum atomic E-state index is 11.6. The molecule has 0 saturated heterocycles. The lowest BCUT2D eigenvalue weighted by Gasteiger charge is -1.99. The number of esters is 1. The molecule has 1 aliphatic rings. The molecule has 0 amide bonds. The minimum absolute atomic E-state index is 0.128. The minimum atomic E-state index is -0.366. The van der Waals surface area contributed by atoms with Gasteiger partial charge in [-0.3, -0.25) is 0 Å². The summed E-state index contributed by atoms with van der Waals surface area (Å²) in [6, 6.07) is 7.91. The van der Waals surface area contributed by atoms with Gasteiger partial charge >= 0.3 is 5.97 Å². The number of aliphatic imine (C=N–C) groups is 1. The largest absolute Gasteiger partial charge is 0.407 e. The van der Waals surface area contributed by atoms with E-state index in [4.69, 9.17) is 4.74 Å². The van der Waals surface area contributed by atoms with Gasteiger partial charge in [0.15, 0.2) is 5.70 Å². The Kier molecular flexibility index (Phi) is 3.09. The molecule has 3 nitrogen and oxygen atoms in total. The number of rotatable bonds is 2. The van der Waals surface area contributed by atoms with Crippen LogP contribution in [0.25, 0.3) is 6.08 Å². The van der Waals surface area contributed by atoms with Crippen LogP contribution >= 0.6 is 0 Å². The first kappa shape index (κ1) is 11.6. The van der Waals surface area contributed by atoms with E-state index >= 15 is 0 Å². The van der Waals surface area contributed by atoms with E-state index in [1.807, 2.05) is 45.0 Å². The van der Waals surface area contributed by atoms with E-state index in [0.717, 1.165) is 5.56 Å². The Hall–Kier alpha value is -1.90. The monoisotopic (exact) mass is 229 g/mol. The number of benzene rings is 1. The molecule has 1 aliphatic heterocycles. The molecule has 0 radical (unpaired) electrons. The molecule has 88 valence electrons. The van der Waals surface area contributed by atoms with Crippen molar-refractivity contribution in [3.8, 4) is 0 Å². The van der Waals surface area contributed by atoms with Crippen molar-refractivity contribution in [3.05, 3.63) is 41.1 Å². The normalized spacial score (nSPS) is 17.5. The van der Waals surface area contributed by atoms with E-state index in [1.54, 1.807) is 6.08 Å². The van der Waals surface area contributed by atoms with Crippen LogP contribution in [0, 0.1) is 12.8 Å². The number of aryl methyl sites for hydroxylation is 1. The zero-order chi connectivity index (χ0) is 12.4. The van der Waals surface area contributed by atoms with Crippen LogP contribution in [0.4, 0.5) is 0 Å². The third-order valence-electron chi connectivity index (χ3n) is 2.51. The highest BCUT2D eigenvalue weighted by atomic mass is 16.6. The summed E-state index contributed by atoms with van der Waals surface area (Å²) in [4.78, 5) is 15.7. The number of nitrogens with zero attached hydrogens (tertiary/aromatic N) is 1. The molecule has 1 aromatic rings. The highest BCUT2D eigenvalue weighted by Gasteiger charge is 2.24. The van der Waals surface area contributed by atoms with E-state index in [1.165, 1.54) is 5.56 Å². The van der Waals surface area contributed by atoms with E-state index in [-0.39, 0.29) is 11.9 Å². The zero-order valence-corrected chi connectivity index (χ0v) is 10.2. The third-order valence-corrected chi connectivity index (χ3v) is 2.51. The molecule has 0 unspecified atom stereocenters. The summed E-state index contributed by atoms with van der Waals surface area (Å²) < 4.78 is 5.07. The van der Waals surface area contributed by atoms with Crippen LogP contribution in [-0.2, 0) is 9.53 Å². The average molecular weight is 229 g/mol. The lowest BCUT2D eigenvalue weighted by molar-refractivity contribution is -0.130. The van der Waals surface area contributed by atoms with Crippen LogP contribution in [0.1, 0.15) is 25.0 Å². The number of hydrogen-bond acceptors (Lipinski definition) is 3. The van der Waals surface area contributed by atoms with Gasteiger partial charge in [-0.25, -0.2) is 9.79 Å².